The first-order valence-electron chi connectivity index (χ1n) is 6.86. The van der Waals surface area contributed by atoms with E-state index in [1.165, 1.54) is 31.3 Å². The van der Waals surface area contributed by atoms with E-state index in [-0.39, 0.29) is 7.43 Å². The molecular formula is C17H32. The van der Waals surface area contributed by atoms with Gasteiger partial charge in [0.15, 0.2) is 0 Å². The number of rotatable bonds is 2. The predicted octanol–water partition coefficient (Wildman–Crippen LogP) is 6.00. The summed E-state index contributed by atoms with van der Waals surface area (Å²) in [5, 5.41) is 0. The molecule has 0 aliphatic heterocycles. The lowest BCUT2D eigenvalue weighted by Gasteiger charge is -2.47. The molecule has 0 aromatic rings. The van der Waals surface area contributed by atoms with Crippen LogP contribution in [0, 0.1) is 17.8 Å². The van der Waals surface area contributed by atoms with Gasteiger partial charge >= 0.3 is 0 Å². The predicted molar refractivity (Wildman–Crippen MR) is 80.2 cm³/mol. The highest BCUT2D eigenvalue weighted by atomic mass is 14.4. The third kappa shape index (κ3) is 4.69. The van der Waals surface area contributed by atoms with Crippen LogP contribution in [-0.2, 0) is 0 Å². The minimum absolute atomic E-state index is 0. The summed E-state index contributed by atoms with van der Waals surface area (Å²) in [4.78, 5) is 0. The first-order chi connectivity index (χ1) is 7.56. The Kier molecular flexibility index (Phi) is 7.50. The van der Waals surface area contributed by atoms with Gasteiger partial charge in [0.05, 0.1) is 0 Å². The zero-order valence-electron chi connectivity index (χ0n) is 11.7. The molecule has 3 aliphatic rings. The highest BCUT2D eigenvalue weighted by molar-refractivity contribution is 5.16. The van der Waals surface area contributed by atoms with Crippen LogP contribution in [0.3, 0.4) is 0 Å². The average molecular weight is 236 g/mol. The summed E-state index contributed by atoms with van der Waals surface area (Å²) in [6, 6.07) is 0. The van der Waals surface area contributed by atoms with Gasteiger partial charge in [0.25, 0.3) is 0 Å². The van der Waals surface area contributed by atoms with E-state index in [1.54, 1.807) is 5.57 Å². The molecule has 0 heterocycles. The molecule has 3 aliphatic carbocycles. The lowest BCUT2D eigenvalue weighted by atomic mass is 9.58. The number of allylic oxidation sites excluding steroid dienone is 4. The van der Waals surface area contributed by atoms with Crippen LogP contribution < -0.4 is 0 Å². The van der Waals surface area contributed by atoms with E-state index in [9.17, 15) is 0 Å². The molecule has 0 aromatic heterocycles. The van der Waals surface area contributed by atoms with Crippen LogP contribution in [0.25, 0.3) is 0 Å². The number of hydrogen-bond donors (Lipinski definition) is 0. The van der Waals surface area contributed by atoms with Gasteiger partial charge < -0.3 is 0 Å². The highest BCUT2D eigenvalue weighted by Crippen LogP contribution is 2.49. The Hall–Kier alpha value is -0.520. The van der Waals surface area contributed by atoms with E-state index in [0.29, 0.717) is 0 Å². The van der Waals surface area contributed by atoms with E-state index in [1.807, 2.05) is 0 Å². The molecule has 0 aromatic carbocycles. The van der Waals surface area contributed by atoms with Gasteiger partial charge in [-0.25, -0.2) is 0 Å². The summed E-state index contributed by atoms with van der Waals surface area (Å²) in [5.41, 5.74) is 3.09. The quantitative estimate of drug-likeness (QED) is 0.516. The molecule has 0 N–H and O–H groups in total. The molecule has 0 saturated heterocycles. The molecule has 0 nitrogen and oxygen atoms in total. The maximum atomic E-state index is 2.43. The van der Waals surface area contributed by atoms with Crippen molar-refractivity contribution in [3.05, 3.63) is 23.3 Å². The molecule has 0 heteroatoms. The Morgan fingerprint density at radius 1 is 1.41 bits per heavy atom. The van der Waals surface area contributed by atoms with Gasteiger partial charge in [0, 0.05) is 0 Å². The largest absolute Gasteiger partial charge is 0.0859 e. The van der Waals surface area contributed by atoms with Gasteiger partial charge in [-0.3, -0.25) is 0 Å². The second-order valence-electron chi connectivity index (χ2n) is 5.72. The highest BCUT2D eigenvalue weighted by Gasteiger charge is 2.40. The van der Waals surface area contributed by atoms with Crippen molar-refractivity contribution in [2.75, 3.05) is 0 Å². The molecular weight excluding hydrogens is 204 g/mol. The maximum Gasteiger partial charge on any atom is -0.0175 e. The van der Waals surface area contributed by atoms with Gasteiger partial charge in [-0.05, 0) is 57.8 Å². The molecule has 0 unspecified atom stereocenters. The van der Waals surface area contributed by atoms with Crippen molar-refractivity contribution in [1.82, 2.24) is 0 Å². The van der Waals surface area contributed by atoms with Crippen LogP contribution in [0.2, 0.25) is 0 Å². The summed E-state index contributed by atoms with van der Waals surface area (Å²) in [6.45, 7) is 11.1. The topological polar surface area (TPSA) is 0 Å². The summed E-state index contributed by atoms with van der Waals surface area (Å²) >= 11 is 0. The monoisotopic (exact) mass is 236 g/mol. The van der Waals surface area contributed by atoms with E-state index < -0.39 is 0 Å². The van der Waals surface area contributed by atoms with E-state index in [4.69, 9.17) is 0 Å². The van der Waals surface area contributed by atoms with Crippen LogP contribution in [0.4, 0.5) is 0 Å². The molecule has 1 saturated carbocycles. The van der Waals surface area contributed by atoms with Crippen molar-refractivity contribution in [3.63, 3.8) is 0 Å². The van der Waals surface area contributed by atoms with Gasteiger partial charge in [-0.15, -0.1) is 0 Å². The minimum Gasteiger partial charge on any atom is -0.0859 e. The summed E-state index contributed by atoms with van der Waals surface area (Å²) < 4.78 is 0. The minimum atomic E-state index is 0. The van der Waals surface area contributed by atoms with Crippen molar-refractivity contribution < 1.29 is 0 Å². The molecule has 0 amide bonds. The number of hydrogen-bond acceptors (Lipinski definition) is 0. The lowest BCUT2D eigenvalue weighted by Crippen LogP contribution is -2.37. The van der Waals surface area contributed by atoms with Gasteiger partial charge in [-0.2, -0.15) is 0 Å². The summed E-state index contributed by atoms with van der Waals surface area (Å²) in [5.74, 6) is 3.04. The second kappa shape index (κ2) is 7.74. The SMILES string of the molecule is C.CC1=CC[C@H]2C[C@@H]1[C@@H]2C.CCCC=C(C)C. The van der Waals surface area contributed by atoms with Crippen LogP contribution in [0.5, 0.6) is 0 Å². The normalized spacial score (nSPS) is 28.8. The Balaban J connectivity index is 0.000000296. The van der Waals surface area contributed by atoms with Crippen molar-refractivity contribution in [2.24, 2.45) is 17.8 Å². The van der Waals surface area contributed by atoms with Crippen molar-refractivity contribution in [3.8, 4) is 0 Å². The molecule has 0 radical (unpaired) electrons. The Morgan fingerprint density at radius 3 is 2.29 bits per heavy atom. The number of unbranched alkanes of at least 4 members (excludes halogenated alkanes) is 1. The molecule has 0 spiro atoms. The average Bonchev–Trinajstić information content (AvgIpc) is 2.26. The zero-order chi connectivity index (χ0) is 12.1. The molecule has 3 atom stereocenters. The fourth-order valence-corrected chi connectivity index (χ4v) is 2.72. The molecule has 3 rings (SSSR count). The Morgan fingerprint density at radius 2 is 2.06 bits per heavy atom. The van der Waals surface area contributed by atoms with Crippen LogP contribution in [0.1, 0.15) is 67.7 Å². The van der Waals surface area contributed by atoms with Gasteiger partial charge in [-0.1, -0.05) is 51.0 Å². The van der Waals surface area contributed by atoms with Crippen LogP contribution in [0.15, 0.2) is 23.3 Å². The fraction of sp³-hybridized carbons (Fsp3) is 0.765. The van der Waals surface area contributed by atoms with Crippen LogP contribution >= 0.6 is 0 Å². The maximum absolute atomic E-state index is 2.43. The van der Waals surface area contributed by atoms with E-state index >= 15 is 0 Å². The van der Waals surface area contributed by atoms with Crippen molar-refractivity contribution >= 4 is 0 Å². The molecule has 1 fully saturated rings. The number of fused-ring (bicyclic) bond motifs is 1. The molecule has 2 bridgehead atoms. The lowest BCUT2D eigenvalue weighted by molar-refractivity contribution is 0.104. The molecule has 17 heavy (non-hydrogen) atoms. The second-order valence-corrected chi connectivity index (χ2v) is 5.72. The smallest absolute Gasteiger partial charge is 0.0175 e. The van der Waals surface area contributed by atoms with Gasteiger partial charge in [0.1, 0.15) is 0 Å². The fourth-order valence-electron chi connectivity index (χ4n) is 2.72. The van der Waals surface area contributed by atoms with Crippen LogP contribution in [-0.4, -0.2) is 0 Å². The zero-order valence-corrected chi connectivity index (χ0v) is 11.7. The first kappa shape index (κ1) is 16.5. The van der Waals surface area contributed by atoms with E-state index in [0.717, 1.165) is 17.8 Å². The summed E-state index contributed by atoms with van der Waals surface area (Å²) in [6.07, 6.45) is 10.1. The van der Waals surface area contributed by atoms with Gasteiger partial charge in [0.2, 0.25) is 0 Å². The Bertz CT molecular complexity index is 266. The van der Waals surface area contributed by atoms with Crippen molar-refractivity contribution in [1.29, 1.82) is 0 Å². The first-order valence-corrected chi connectivity index (χ1v) is 6.86. The standard InChI is InChI=1S/C9H14.C7H14.CH4/c1-6-3-4-8-5-9(6)7(8)2;1-4-5-6-7(2)3;/h3,7-9H,4-5H2,1-2H3;6H,4-5H2,1-3H3;1H4/t7-,8+,9+;;/m1../s1. The third-order valence-electron chi connectivity index (χ3n) is 4.10. The van der Waals surface area contributed by atoms with E-state index in [2.05, 4.69) is 46.8 Å². The Labute approximate surface area is 109 Å². The third-order valence-corrected chi connectivity index (χ3v) is 4.10. The summed E-state index contributed by atoms with van der Waals surface area (Å²) in [7, 11) is 0. The van der Waals surface area contributed by atoms with Crippen molar-refractivity contribution in [2.45, 2.75) is 67.7 Å². The molecule has 100 valence electrons.